The molecule has 0 saturated carbocycles. The van der Waals surface area contributed by atoms with Crippen molar-refractivity contribution in [3.05, 3.63) is 0 Å². The maximum Gasteiger partial charge on any atom is 0.0458 e. The maximum atomic E-state index is 5.97. The second-order valence-electron chi connectivity index (χ2n) is 4.97. The molecule has 1 heterocycles. The van der Waals surface area contributed by atoms with E-state index in [0.717, 1.165) is 13.1 Å². The lowest BCUT2D eigenvalue weighted by molar-refractivity contribution is 0.0249. The van der Waals surface area contributed by atoms with Crippen LogP contribution in [0.1, 0.15) is 26.7 Å². The zero-order chi connectivity index (χ0) is 10.8. The van der Waals surface area contributed by atoms with Crippen LogP contribution in [-0.2, 0) is 0 Å². The maximum absolute atomic E-state index is 5.97. The fourth-order valence-corrected chi connectivity index (χ4v) is 2.48. The van der Waals surface area contributed by atoms with Gasteiger partial charge in [-0.25, -0.2) is 0 Å². The molecule has 0 spiro atoms. The van der Waals surface area contributed by atoms with Gasteiger partial charge in [-0.05, 0) is 47.3 Å². The summed E-state index contributed by atoms with van der Waals surface area (Å²) in [6.07, 6.45) is 2.51. The van der Waals surface area contributed by atoms with Gasteiger partial charge in [0.2, 0.25) is 0 Å². The lowest BCUT2D eigenvalue weighted by Gasteiger charge is -2.48. The molecule has 0 radical (unpaired) electrons. The Kier molecular flexibility index (Phi) is 3.93. The van der Waals surface area contributed by atoms with E-state index in [9.17, 15) is 0 Å². The minimum atomic E-state index is 0.209. The summed E-state index contributed by atoms with van der Waals surface area (Å²) in [7, 11) is 4.40. The van der Waals surface area contributed by atoms with Gasteiger partial charge in [0.05, 0.1) is 0 Å². The summed E-state index contributed by atoms with van der Waals surface area (Å²) in [5, 5.41) is 0. The smallest absolute Gasteiger partial charge is 0.0458 e. The SMILES string of the molecule is CC(C)N(C)C1(CN)CCCN(C)C1. The van der Waals surface area contributed by atoms with Gasteiger partial charge in [0.25, 0.3) is 0 Å². The van der Waals surface area contributed by atoms with Crippen LogP contribution < -0.4 is 5.73 Å². The monoisotopic (exact) mass is 199 g/mol. The third kappa shape index (κ3) is 2.27. The van der Waals surface area contributed by atoms with E-state index >= 15 is 0 Å². The fraction of sp³-hybridized carbons (Fsp3) is 1.00. The summed E-state index contributed by atoms with van der Waals surface area (Å²) in [6, 6.07) is 0.574. The van der Waals surface area contributed by atoms with E-state index in [0.29, 0.717) is 6.04 Å². The lowest BCUT2D eigenvalue weighted by Crippen LogP contribution is -2.62. The number of rotatable bonds is 3. The highest BCUT2D eigenvalue weighted by atomic mass is 15.3. The van der Waals surface area contributed by atoms with Gasteiger partial charge in [-0.3, -0.25) is 4.90 Å². The molecule has 84 valence electrons. The van der Waals surface area contributed by atoms with Crippen LogP contribution in [0, 0.1) is 0 Å². The van der Waals surface area contributed by atoms with Crippen molar-refractivity contribution >= 4 is 0 Å². The second-order valence-corrected chi connectivity index (χ2v) is 4.97. The second kappa shape index (κ2) is 4.60. The molecule has 0 aromatic rings. The van der Waals surface area contributed by atoms with Gasteiger partial charge in [0, 0.05) is 24.7 Å². The van der Waals surface area contributed by atoms with Crippen molar-refractivity contribution in [2.75, 3.05) is 33.7 Å². The molecule has 0 aliphatic carbocycles. The Morgan fingerprint density at radius 3 is 2.57 bits per heavy atom. The van der Waals surface area contributed by atoms with Crippen molar-refractivity contribution < 1.29 is 0 Å². The Morgan fingerprint density at radius 2 is 2.14 bits per heavy atom. The van der Waals surface area contributed by atoms with Crippen molar-refractivity contribution in [3.63, 3.8) is 0 Å². The third-order valence-electron chi connectivity index (χ3n) is 3.65. The standard InChI is InChI=1S/C11H25N3/c1-10(2)14(4)11(8-12)6-5-7-13(3)9-11/h10H,5-9,12H2,1-4H3. The van der Waals surface area contributed by atoms with Gasteiger partial charge in [-0.2, -0.15) is 0 Å². The Hall–Kier alpha value is -0.120. The van der Waals surface area contributed by atoms with Gasteiger partial charge in [-0.1, -0.05) is 0 Å². The number of hydrogen-bond donors (Lipinski definition) is 1. The fourth-order valence-electron chi connectivity index (χ4n) is 2.48. The van der Waals surface area contributed by atoms with E-state index in [4.69, 9.17) is 5.73 Å². The van der Waals surface area contributed by atoms with E-state index in [1.807, 2.05) is 0 Å². The average molecular weight is 199 g/mol. The molecule has 1 atom stereocenters. The van der Waals surface area contributed by atoms with Crippen LogP contribution in [-0.4, -0.2) is 55.1 Å². The number of hydrogen-bond acceptors (Lipinski definition) is 3. The Balaban J connectivity index is 2.73. The van der Waals surface area contributed by atoms with Crippen LogP contribution in [0.25, 0.3) is 0 Å². The third-order valence-corrected chi connectivity index (χ3v) is 3.65. The van der Waals surface area contributed by atoms with E-state index in [2.05, 4.69) is 37.7 Å². The first-order valence-corrected chi connectivity index (χ1v) is 5.63. The van der Waals surface area contributed by atoms with Gasteiger partial charge in [-0.15, -0.1) is 0 Å². The van der Waals surface area contributed by atoms with E-state index in [1.165, 1.54) is 19.4 Å². The van der Waals surface area contributed by atoms with Crippen LogP contribution in [0.5, 0.6) is 0 Å². The minimum absolute atomic E-state index is 0.209. The summed E-state index contributed by atoms with van der Waals surface area (Å²) < 4.78 is 0. The highest BCUT2D eigenvalue weighted by Gasteiger charge is 2.37. The summed E-state index contributed by atoms with van der Waals surface area (Å²) in [4.78, 5) is 4.85. The predicted molar refractivity (Wildman–Crippen MR) is 61.4 cm³/mol. The quantitative estimate of drug-likeness (QED) is 0.728. The largest absolute Gasteiger partial charge is 0.329 e. The first-order chi connectivity index (χ1) is 6.52. The first kappa shape index (κ1) is 12.0. The highest BCUT2D eigenvalue weighted by Crippen LogP contribution is 2.26. The van der Waals surface area contributed by atoms with Crippen LogP contribution >= 0.6 is 0 Å². The number of likely N-dealkylation sites (N-methyl/N-ethyl adjacent to an activating group) is 2. The Labute approximate surface area is 88.2 Å². The van der Waals surface area contributed by atoms with Crippen molar-refractivity contribution in [3.8, 4) is 0 Å². The molecule has 0 bridgehead atoms. The zero-order valence-electron chi connectivity index (χ0n) is 10.1. The van der Waals surface area contributed by atoms with Crippen LogP contribution in [0.3, 0.4) is 0 Å². The molecule has 3 heteroatoms. The Morgan fingerprint density at radius 1 is 1.50 bits per heavy atom. The lowest BCUT2D eigenvalue weighted by atomic mass is 9.87. The molecule has 1 fully saturated rings. The highest BCUT2D eigenvalue weighted by molar-refractivity contribution is 4.96. The molecule has 1 unspecified atom stereocenters. The number of nitrogens with two attached hydrogens (primary N) is 1. The molecular formula is C11H25N3. The molecule has 0 aromatic heterocycles. The molecule has 1 aliphatic heterocycles. The van der Waals surface area contributed by atoms with Crippen molar-refractivity contribution in [2.24, 2.45) is 5.73 Å². The molecule has 0 aromatic carbocycles. The van der Waals surface area contributed by atoms with Crippen molar-refractivity contribution in [1.82, 2.24) is 9.80 Å². The number of piperidine rings is 1. The normalized spacial score (nSPS) is 30.2. The van der Waals surface area contributed by atoms with E-state index in [-0.39, 0.29) is 5.54 Å². The topological polar surface area (TPSA) is 32.5 Å². The van der Waals surface area contributed by atoms with Crippen molar-refractivity contribution in [2.45, 2.75) is 38.3 Å². The van der Waals surface area contributed by atoms with E-state index < -0.39 is 0 Å². The van der Waals surface area contributed by atoms with Gasteiger partial charge in [0.1, 0.15) is 0 Å². The van der Waals surface area contributed by atoms with Crippen LogP contribution in [0.2, 0.25) is 0 Å². The van der Waals surface area contributed by atoms with E-state index in [1.54, 1.807) is 0 Å². The molecule has 1 aliphatic rings. The van der Waals surface area contributed by atoms with Crippen LogP contribution in [0.4, 0.5) is 0 Å². The minimum Gasteiger partial charge on any atom is -0.329 e. The predicted octanol–water partition coefficient (Wildman–Crippen LogP) is 0.750. The van der Waals surface area contributed by atoms with Gasteiger partial charge >= 0.3 is 0 Å². The zero-order valence-corrected chi connectivity index (χ0v) is 10.1. The Bertz CT molecular complexity index is 181. The first-order valence-electron chi connectivity index (χ1n) is 5.63. The van der Waals surface area contributed by atoms with Gasteiger partial charge < -0.3 is 10.6 Å². The van der Waals surface area contributed by atoms with Crippen LogP contribution in [0.15, 0.2) is 0 Å². The summed E-state index contributed by atoms with van der Waals surface area (Å²) >= 11 is 0. The summed E-state index contributed by atoms with van der Waals surface area (Å²) in [5.41, 5.74) is 6.18. The summed E-state index contributed by atoms with van der Waals surface area (Å²) in [6.45, 7) is 7.58. The average Bonchev–Trinajstić information content (AvgIpc) is 2.16. The number of nitrogens with zero attached hydrogens (tertiary/aromatic N) is 2. The summed E-state index contributed by atoms with van der Waals surface area (Å²) in [5.74, 6) is 0. The molecular weight excluding hydrogens is 174 g/mol. The molecule has 1 rings (SSSR count). The molecule has 14 heavy (non-hydrogen) atoms. The van der Waals surface area contributed by atoms with Crippen molar-refractivity contribution in [1.29, 1.82) is 0 Å². The molecule has 1 saturated heterocycles. The molecule has 3 nitrogen and oxygen atoms in total. The van der Waals surface area contributed by atoms with Gasteiger partial charge in [0.15, 0.2) is 0 Å². The number of likely N-dealkylation sites (tertiary alicyclic amines) is 1. The molecule has 2 N–H and O–H groups in total. The molecule has 0 amide bonds.